The second-order valence-corrected chi connectivity index (χ2v) is 12.4. The predicted octanol–water partition coefficient (Wildman–Crippen LogP) is 5.85. The molecule has 0 bridgehead atoms. The van der Waals surface area contributed by atoms with E-state index < -0.39 is 22.0 Å². The van der Waals surface area contributed by atoms with Crippen LogP contribution in [0.3, 0.4) is 0 Å². The number of ether oxygens (including phenoxy) is 4. The highest BCUT2D eigenvalue weighted by molar-refractivity contribution is 7.90. The summed E-state index contributed by atoms with van der Waals surface area (Å²) in [5.74, 6) is 1.77. The van der Waals surface area contributed by atoms with Crippen LogP contribution >= 0.6 is 0 Å². The van der Waals surface area contributed by atoms with Gasteiger partial charge < -0.3 is 18.9 Å². The summed E-state index contributed by atoms with van der Waals surface area (Å²) >= 11 is 0. The second-order valence-electron chi connectivity index (χ2n) is 10.7. The second kappa shape index (κ2) is 15.1. The number of hydrogen-bond acceptors (Lipinski definition) is 8. The Bertz CT molecular complexity index is 1570. The van der Waals surface area contributed by atoms with Gasteiger partial charge in [0.25, 0.3) is 15.9 Å². The number of hydrogen-bond donors (Lipinski definition) is 1. The molecule has 4 rings (SSSR count). The van der Waals surface area contributed by atoms with E-state index in [0.717, 1.165) is 36.0 Å². The molecule has 1 heterocycles. The Kier molecular flexibility index (Phi) is 11.3. The Morgan fingerprint density at radius 2 is 1.55 bits per heavy atom. The van der Waals surface area contributed by atoms with Gasteiger partial charge in [-0.25, -0.2) is 13.1 Å². The number of carbonyl (C=O) groups is 2. The van der Waals surface area contributed by atoms with Crippen molar-refractivity contribution < 1.29 is 37.0 Å². The summed E-state index contributed by atoms with van der Waals surface area (Å²) in [6.07, 6.45) is 3.72. The minimum Gasteiger partial charge on any atom is -0.496 e. The molecule has 236 valence electrons. The SMILES string of the molecule is CCCc1c(OCCCOc2ccc(C(C)=O)c(OC)c2CCC)ccc2c1OC(C(=O)NS(=O)(=O)c1ccccc1)CC2. The Morgan fingerprint density at radius 1 is 0.909 bits per heavy atom. The fourth-order valence-electron chi connectivity index (χ4n) is 5.32. The number of amides is 1. The highest BCUT2D eigenvalue weighted by Gasteiger charge is 2.31. The summed E-state index contributed by atoms with van der Waals surface area (Å²) in [5.41, 5.74) is 3.26. The monoisotopic (exact) mass is 623 g/mol. The minimum atomic E-state index is -4.01. The Hall–Kier alpha value is -4.05. The van der Waals surface area contributed by atoms with Crippen LogP contribution < -0.4 is 23.7 Å². The normalized spacial score (nSPS) is 14.2. The molecular formula is C34H41NO8S. The van der Waals surface area contributed by atoms with E-state index >= 15 is 0 Å². The largest absolute Gasteiger partial charge is 0.496 e. The summed E-state index contributed by atoms with van der Waals surface area (Å²) in [6.45, 7) is 6.43. The number of ketones is 1. The fraction of sp³-hybridized carbons (Fsp3) is 0.412. The number of benzene rings is 3. The number of nitrogens with one attached hydrogen (secondary N) is 1. The first-order valence-corrected chi connectivity index (χ1v) is 16.6. The molecule has 0 saturated heterocycles. The van der Waals surface area contributed by atoms with Gasteiger partial charge in [-0.3, -0.25) is 9.59 Å². The molecule has 0 aliphatic carbocycles. The van der Waals surface area contributed by atoms with Crippen molar-refractivity contribution >= 4 is 21.7 Å². The zero-order chi connectivity index (χ0) is 31.7. The van der Waals surface area contributed by atoms with Gasteiger partial charge >= 0.3 is 0 Å². The summed E-state index contributed by atoms with van der Waals surface area (Å²) in [5, 5.41) is 0. The maximum atomic E-state index is 13.0. The molecule has 0 aromatic heterocycles. The highest BCUT2D eigenvalue weighted by atomic mass is 32.2. The van der Waals surface area contributed by atoms with Gasteiger partial charge in [0, 0.05) is 17.5 Å². The van der Waals surface area contributed by atoms with Crippen molar-refractivity contribution in [3.63, 3.8) is 0 Å². The zero-order valence-electron chi connectivity index (χ0n) is 25.8. The van der Waals surface area contributed by atoms with Crippen LogP contribution in [-0.4, -0.2) is 46.5 Å². The molecule has 10 heteroatoms. The van der Waals surface area contributed by atoms with Crippen LogP contribution in [0.1, 0.15) is 73.5 Å². The fourth-order valence-corrected chi connectivity index (χ4v) is 6.35. The summed E-state index contributed by atoms with van der Waals surface area (Å²) in [4.78, 5) is 25.1. The Labute approximate surface area is 259 Å². The quantitative estimate of drug-likeness (QED) is 0.166. The molecule has 3 aromatic carbocycles. The molecule has 0 spiro atoms. The van der Waals surface area contributed by atoms with Crippen LogP contribution in [-0.2, 0) is 34.1 Å². The van der Waals surface area contributed by atoms with E-state index in [4.69, 9.17) is 18.9 Å². The van der Waals surface area contributed by atoms with E-state index in [0.29, 0.717) is 67.5 Å². The summed E-state index contributed by atoms with van der Waals surface area (Å²) < 4.78 is 51.6. The predicted molar refractivity (Wildman–Crippen MR) is 168 cm³/mol. The van der Waals surface area contributed by atoms with Crippen molar-refractivity contribution in [2.45, 2.75) is 76.7 Å². The number of Topliss-reactive ketones (excluding diaryl/α,β-unsaturated/α-hetero) is 1. The van der Waals surface area contributed by atoms with Crippen LogP contribution in [0.15, 0.2) is 59.5 Å². The number of fused-ring (bicyclic) bond motifs is 1. The van der Waals surface area contributed by atoms with Crippen LogP contribution in [0, 0.1) is 0 Å². The third kappa shape index (κ3) is 7.72. The molecule has 1 N–H and O–H groups in total. The van der Waals surface area contributed by atoms with Crippen molar-refractivity contribution in [3.05, 3.63) is 76.9 Å². The first-order chi connectivity index (χ1) is 21.2. The average Bonchev–Trinajstić information content (AvgIpc) is 3.02. The number of aryl methyl sites for hydroxylation is 1. The maximum absolute atomic E-state index is 13.0. The Balaban J connectivity index is 1.41. The van der Waals surface area contributed by atoms with Gasteiger partial charge in [0.1, 0.15) is 23.0 Å². The molecule has 9 nitrogen and oxygen atoms in total. The van der Waals surface area contributed by atoms with Gasteiger partial charge in [-0.1, -0.05) is 51.0 Å². The van der Waals surface area contributed by atoms with Gasteiger partial charge in [-0.05, 0) is 68.5 Å². The molecule has 3 aromatic rings. The van der Waals surface area contributed by atoms with E-state index in [1.54, 1.807) is 31.4 Å². The van der Waals surface area contributed by atoms with Gasteiger partial charge in [-0.15, -0.1) is 0 Å². The van der Waals surface area contributed by atoms with E-state index in [1.165, 1.54) is 19.1 Å². The van der Waals surface area contributed by atoms with Gasteiger partial charge in [-0.2, -0.15) is 0 Å². The minimum absolute atomic E-state index is 0.0182. The summed E-state index contributed by atoms with van der Waals surface area (Å²) in [7, 11) is -2.44. The highest BCUT2D eigenvalue weighted by Crippen LogP contribution is 2.38. The maximum Gasteiger partial charge on any atom is 0.274 e. The van der Waals surface area contributed by atoms with Crippen molar-refractivity contribution in [1.82, 2.24) is 4.72 Å². The van der Waals surface area contributed by atoms with Crippen LogP contribution in [0.25, 0.3) is 0 Å². The molecule has 1 atom stereocenters. The molecular weight excluding hydrogens is 582 g/mol. The molecule has 0 fully saturated rings. The lowest BCUT2D eigenvalue weighted by Gasteiger charge is -2.28. The lowest BCUT2D eigenvalue weighted by Crippen LogP contribution is -2.43. The standard InChI is InChI=1S/C34H41NO8S/c1-5-11-27-29(41-21-10-22-42-30-20-17-26(23(3)36)33(40-4)28(30)12-6-2)18-15-24-16-19-31(43-32(24)27)34(37)35-44(38,39)25-13-8-7-9-14-25/h7-9,13-15,17-18,20,31H,5-6,10-12,16,19,21-22H2,1-4H3,(H,35,37). The molecule has 1 unspecified atom stereocenters. The van der Waals surface area contributed by atoms with Gasteiger partial charge in [0.05, 0.1) is 30.8 Å². The van der Waals surface area contributed by atoms with Crippen LogP contribution in [0.2, 0.25) is 0 Å². The third-order valence-corrected chi connectivity index (χ3v) is 8.78. The Morgan fingerprint density at radius 3 is 2.18 bits per heavy atom. The van der Waals surface area contributed by atoms with E-state index in [9.17, 15) is 18.0 Å². The van der Waals surface area contributed by atoms with E-state index in [2.05, 4.69) is 18.6 Å². The number of rotatable bonds is 15. The van der Waals surface area contributed by atoms with Crippen molar-refractivity contribution in [3.8, 4) is 23.0 Å². The van der Waals surface area contributed by atoms with Crippen molar-refractivity contribution in [2.24, 2.45) is 0 Å². The van der Waals surface area contributed by atoms with Gasteiger partial charge in [0.15, 0.2) is 11.9 Å². The molecule has 44 heavy (non-hydrogen) atoms. The van der Waals surface area contributed by atoms with Crippen LogP contribution in [0.4, 0.5) is 0 Å². The number of sulfonamides is 1. The molecule has 1 aliphatic heterocycles. The summed E-state index contributed by atoms with van der Waals surface area (Å²) in [6, 6.07) is 15.2. The molecule has 0 saturated carbocycles. The lowest BCUT2D eigenvalue weighted by molar-refractivity contribution is -0.126. The zero-order valence-corrected chi connectivity index (χ0v) is 26.6. The smallest absolute Gasteiger partial charge is 0.274 e. The lowest BCUT2D eigenvalue weighted by atomic mass is 9.96. The molecule has 1 aliphatic rings. The molecule has 0 radical (unpaired) electrons. The first-order valence-electron chi connectivity index (χ1n) is 15.1. The van der Waals surface area contributed by atoms with E-state index in [1.807, 2.05) is 18.2 Å². The van der Waals surface area contributed by atoms with Crippen molar-refractivity contribution in [1.29, 1.82) is 0 Å². The average molecular weight is 624 g/mol. The molecule has 1 amide bonds. The van der Waals surface area contributed by atoms with Gasteiger partial charge in [0.2, 0.25) is 0 Å². The first kappa shape index (κ1) is 32.9. The van der Waals surface area contributed by atoms with E-state index in [-0.39, 0.29) is 10.7 Å². The number of methoxy groups -OCH3 is 1. The topological polar surface area (TPSA) is 117 Å². The van der Waals surface area contributed by atoms with Crippen molar-refractivity contribution in [2.75, 3.05) is 20.3 Å². The third-order valence-electron chi connectivity index (χ3n) is 7.42. The van der Waals surface area contributed by atoms with Crippen LogP contribution in [0.5, 0.6) is 23.0 Å². The number of carbonyl (C=O) groups excluding carboxylic acids is 2.